The zero-order chi connectivity index (χ0) is 12.9. The minimum absolute atomic E-state index is 1.10. The molecule has 18 heavy (non-hydrogen) atoms. The summed E-state index contributed by atoms with van der Waals surface area (Å²) in [5.74, 6) is 0. The highest BCUT2D eigenvalue weighted by Gasteiger charge is 2.06. The van der Waals surface area contributed by atoms with Crippen molar-refractivity contribution in [1.82, 2.24) is 4.98 Å². The van der Waals surface area contributed by atoms with Crippen molar-refractivity contribution in [2.24, 2.45) is 0 Å². The van der Waals surface area contributed by atoms with Gasteiger partial charge in [-0.3, -0.25) is 0 Å². The van der Waals surface area contributed by atoms with Crippen LogP contribution >= 0.6 is 0 Å². The van der Waals surface area contributed by atoms with Crippen molar-refractivity contribution in [2.45, 2.75) is 27.7 Å². The topological polar surface area (TPSA) is 12.9 Å². The van der Waals surface area contributed by atoms with Crippen molar-refractivity contribution < 1.29 is 0 Å². The first-order valence-electron chi connectivity index (χ1n) is 6.35. The molecule has 0 atom stereocenters. The molecule has 0 saturated carbocycles. The molecule has 0 saturated heterocycles. The van der Waals surface area contributed by atoms with Gasteiger partial charge in [-0.15, -0.1) is 0 Å². The Labute approximate surface area is 107 Å². The SMILES string of the molecule is Cc1ccc2nc3c(C)c(C)ccc3cc2c1C. The van der Waals surface area contributed by atoms with Gasteiger partial charge in [0.05, 0.1) is 11.0 Å². The Kier molecular flexibility index (Phi) is 2.37. The van der Waals surface area contributed by atoms with E-state index in [-0.39, 0.29) is 0 Å². The number of benzene rings is 2. The summed E-state index contributed by atoms with van der Waals surface area (Å²) in [6.45, 7) is 8.62. The Bertz CT molecular complexity index is 702. The summed E-state index contributed by atoms with van der Waals surface area (Å²) in [6, 6.07) is 10.9. The lowest BCUT2D eigenvalue weighted by Crippen LogP contribution is -1.91. The molecular weight excluding hydrogens is 218 g/mol. The molecule has 3 aromatic rings. The molecule has 90 valence electrons. The van der Waals surface area contributed by atoms with E-state index in [1.54, 1.807) is 0 Å². The Morgan fingerprint density at radius 3 is 2.22 bits per heavy atom. The van der Waals surface area contributed by atoms with Crippen molar-refractivity contribution in [2.75, 3.05) is 0 Å². The Morgan fingerprint density at radius 2 is 1.44 bits per heavy atom. The Balaban J connectivity index is 2.51. The summed E-state index contributed by atoms with van der Waals surface area (Å²) in [4.78, 5) is 4.84. The van der Waals surface area contributed by atoms with Gasteiger partial charge >= 0.3 is 0 Å². The summed E-state index contributed by atoms with van der Waals surface area (Å²) in [5, 5.41) is 2.50. The molecule has 0 aliphatic heterocycles. The second kappa shape index (κ2) is 3.81. The van der Waals surface area contributed by atoms with Gasteiger partial charge in [0, 0.05) is 10.8 Å². The average Bonchev–Trinajstić information content (AvgIpc) is 2.38. The van der Waals surface area contributed by atoms with Crippen molar-refractivity contribution in [3.8, 4) is 0 Å². The van der Waals surface area contributed by atoms with Crippen LogP contribution in [0, 0.1) is 27.7 Å². The molecule has 0 aliphatic rings. The molecule has 0 amide bonds. The summed E-state index contributed by atoms with van der Waals surface area (Å²) in [6.07, 6.45) is 0. The predicted molar refractivity (Wildman–Crippen MR) is 78.2 cm³/mol. The van der Waals surface area contributed by atoms with Crippen LogP contribution in [0.4, 0.5) is 0 Å². The molecule has 1 nitrogen and oxygen atoms in total. The van der Waals surface area contributed by atoms with Crippen LogP contribution in [-0.2, 0) is 0 Å². The first kappa shape index (κ1) is 11.2. The van der Waals surface area contributed by atoms with E-state index >= 15 is 0 Å². The van der Waals surface area contributed by atoms with Gasteiger partial charge < -0.3 is 0 Å². The van der Waals surface area contributed by atoms with Gasteiger partial charge in [0.2, 0.25) is 0 Å². The second-order valence-corrected chi connectivity index (χ2v) is 5.14. The van der Waals surface area contributed by atoms with E-state index < -0.39 is 0 Å². The number of fused-ring (bicyclic) bond motifs is 2. The Morgan fingerprint density at radius 1 is 0.778 bits per heavy atom. The predicted octanol–water partition coefficient (Wildman–Crippen LogP) is 4.62. The molecule has 2 aromatic carbocycles. The maximum Gasteiger partial charge on any atom is 0.0741 e. The number of pyridine rings is 1. The van der Waals surface area contributed by atoms with Crippen molar-refractivity contribution in [3.05, 3.63) is 52.6 Å². The van der Waals surface area contributed by atoms with Gasteiger partial charge in [-0.1, -0.05) is 18.2 Å². The number of hydrogen-bond donors (Lipinski definition) is 0. The normalized spacial score (nSPS) is 11.3. The molecule has 0 fully saturated rings. The van der Waals surface area contributed by atoms with E-state index in [2.05, 4.69) is 58.0 Å². The summed E-state index contributed by atoms with van der Waals surface area (Å²) < 4.78 is 0. The summed E-state index contributed by atoms with van der Waals surface area (Å²) in [5.41, 5.74) is 7.48. The fraction of sp³-hybridized carbons (Fsp3) is 0.235. The molecular formula is C17H17N. The average molecular weight is 235 g/mol. The minimum atomic E-state index is 1.10. The largest absolute Gasteiger partial charge is 0.247 e. The molecule has 1 heteroatoms. The van der Waals surface area contributed by atoms with E-state index in [0.29, 0.717) is 0 Å². The van der Waals surface area contributed by atoms with Crippen LogP contribution in [0.25, 0.3) is 21.8 Å². The number of rotatable bonds is 0. The number of nitrogens with zero attached hydrogens (tertiary/aromatic N) is 1. The van der Waals surface area contributed by atoms with Crippen molar-refractivity contribution in [1.29, 1.82) is 0 Å². The minimum Gasteiger partial charge on any atom is -0.247 e. The lowest BCUT2D eigenvalue weighted by Gasteiger charge is -2.09. The highest BCUT2D eigenvalue weighted by Crippen LogP contribution is 2.27. The van der Waals surface area contributed by atoms with Crippen LogP contribution in [-0.4, -0.2) is 4.98 Å². The molecule has 0 radical (unpaired) electrons. The fourth-order valence-corrected chi connectivity index (χ4v) is 2.47. The molecule has 0 unspecified atom stereocenters. The molecule has 1 aromatic heterocycles. The fourth-order valence-electron chi connectivity index (χ4n) is 2.47. The van der Waals surface area contributed by atoms with E-state index in [9.17, 15) is 0 Å². The quantitative estimate of drug-likeness (QED) is 0.518. The number of hydrogen-bond acceptors (Lipinski definition) is 1. The highest BCUT2D eigenvalue weighted by molar-refractivity contribution is 5.96. The maximum atomic E-state index is 4.84. The van der Waals surface area contributed by atoms with Crippen LogP contribution in [0.15, 0.2) is 30.3 Å². The van der Waals surface area contributed by atoms with Crippen LogP contribution in [0.5, 0.6) is 0 Å². The molecule has 0 bridgehead atoms. The first-order valence-corrected chi connectivity index (χ1v) is 6.35. The van der Waals surface area contributed by atoms with E-state index in [4.69, 9.17) is 4.98 Å². The molecule has 3 rings (SSSR count). The third kappa shape index (κ3) is 1.51. The first-order chi connectivity index (χ1) is 8.58. The van der Waals surface area contributed by atoms with Crippen molar-refractivity contribution in [3.63, 3.8) is 0 Å². The van der Waals surface area contributed by atoms with Crippen molar-refractivity contribution >= 4 is 21.8 Å². The highest BCUT2D eigenvalue weighted by atomic mass is 14.7. The third-order valence-corrected chi connectivity index (χ3v) is 4.03. The van der Waals surface area contributed by atoms with E-state index in [1.165, 1.54) is 33.0 Å². The van der Waals surface area contributed by atoms with Gasteiger partial charge in [0.1, 0.15) is 0 Å². The maximum absolute atomic E-state index is 4.84. The van der Waals surface area contributed by atoms with Gasteiger partial charge in [0.25, 0.3) is 0 Å². The monoisotopic (exact) mass is 235 g/mol. The van der Waals surface area contributed by atoms with Gasteiger partial charge in [0.15, 0.2) is 0 Å². The number of aromatic nitrogens is 1. The Hall–Kier alpha value is -1.89. The standard InChI is InChI=1S/C17H17N/c1-10-6-8-16-15(12(10)3)9-14-7-5-11(2)13(4)17(14)18-16/h5-9H,1-4H3. The van der Waals surface area contributed by atoms with Gasteiger partial charge in [-0.2, -0.15) is 0 Å². The zero-order valence-corrected chi connectivity index (χ0v) is 11.3. The lowest BCUT2D eigenvalue weighted by molar-refractivity contribution is 1.32. The molecule has 0 N–H and O–H groups in total. The molecule has 0 aliphatic carbocycles. The van der Waals surface area contributed by atoms with Gasteiger partial charge in [-0.05, 0) is 62.1 Å². The third-order valence-electron chi connectivity index (χ3n) is 4.03. The zero-order valence-electron chi connectivity index (χ0n) is 11.3. The molecule has 1 heterocycles. The van der Waals surface area contributed by atoms with Crippen LogP contribution in [0.1, 0.15) is 22.3 Å². The molecule has 0 spiro atoms. The second-order valence-electron chi connectivity index (χ2n) is 5.14. The summed E-state index contributed by atoms with van der Waals surface area (Å²) in [7, 11) is 0. The van der Waals surface area contributed by atoms with E-state index in [0.717, 1.165) is 11.0 Å². The van der Waals surface area contributed by atoms with E-state index in [1.807, 2.05) is 0 Å². The number of aryl methyl sites for hydroxylation is 4. The van der Waals surface area contributed by atoms with Crippen LogP contribution in [0.2, 0.25) is 0 Å². The summed E-state index contributed by atoms with van der Waals surface area (Å²) >= 11 is 0. The van der Waals surface area contributed by atoms with Crippen LogP contribution in [0.3, 0.4) is 0 Å². The van der Waals surface area contributed by atoms with Gasteiger partial charge in [-0.25, -0.2) is 4.98 Å². The lowest BCUT2D eigenvalue weighted by atomic mass is 10.00. The van der Waals surface area contributed by atoms with Crippen LogP contribution < -0.4 is 0 Å². The smallest absolute Gasteiger partial charge is 0.0741 e.